The lowest BCUT2D eigenvalue weighted by molar-refractivity contribution is -0.123. The van der Waals surface area contributed by atoms with Gasteiger partial charge in [-0.3, -0.25) is 9.69 Å². The first-order valence-electron chi connectivity index (χ1n) is 5.44. The van der Waals surface area contributed by atoms with Gasteiger partial charge in [-0.05, 0) is 30.9 Å². The highest BCUT2D eigenvalue weighted by molar-refractivity contribution is 8.26. The van der Waals surface area contributed by atoms with E-state index in [1.807, 2.05) is 30.5 Å². The molecule has 90 valence electrons. The van der Waals surface area contributed by atoms with Crippen molar-refractivity contribution in [3.05, 3.63) is 27.3 Å². The van der Waals surface area contributed by atoms with Crippen LogP contribution >= 0.6 is 35.3 Å². The number of amides is 1. The number of hydrogen-bond donors (Lipinski definition) is 0. The molecule has 1 atom stereocenters. The maximum absolute atomic E-state index is 12.2. The Morgan fingerprint density at radius 2 is 2.35 bits per heavy atom. The molecule has 5 heteroatoms. The molecule has 1 aliphatic heterocycles. The van der Waals surface area contributed by atoms with E-state index in [0.29, 0.717) is 4.32 Å². The second-order valence-electron chi connectivity index (χ2n) is 3.82. The Morgan fingerprint density at radius 3 is 2.94 bits per heavy atom. The molecule has 17 heavy (non-hydrogen) atoms. The van der Waals surface area contributed by atoms with Crippen LogP contribution < -0.4 is 0 Å². The molecule has 0 N–H and O–H groups in total. The van der Waals surface area contributed by atoms with Crippen molar-refractivity contribution in [2.45, 2.75) is 26.3 Å². The van der Waals surface area contributed by atoms with E-state index in [1.54, 1.807) is 16.2 Å². The second-order valence-corrected chi connectivity index (χ2v) is 6.48. The molecule has 0 saturated carbocycles. The van der Waals surface area contributed by atoms with Gasteiger partial charge in [0, 0.05) is 10.9 Å². The van der Waals surface area contributed by atoms with Gasteiger partial charge in [-0.15, -0.1) is 11.3 Å². The fraction of sp³-hybridized carbons (Fsp3) is 0.333. The Hall–Kier alpha value is -0.650. The van der Waals surface area contributed by atoms with Crippen LogP contribution in [-0.2, 0) is 4.79 Å². The quantitative estimate of drug-likeness (QED) is 0.622. The molecule has 2 heterocycles. The molecule has 0 aliphatic carbocycles. The lowest BCUT2D eigenvalue weighted by Gasteiger charge is -2.21. The van der Waals surface area contributed by atoms with Crippen LogP contribution in [0.4, 0.5) is 0 Å². The van der Waals surface area contributed by atoms with Gasteiger partial charge in [0.25, 0.3) is 5.91 Å². The van der Waals surface area contributed by atoms with Crippen LogP contribution in [0.1, 0.15) is 25.1 Å². The number of carbonyl (C=O) groups is 1. The normalized spacial score (nSPS) is 20.4. The van der Waals surface area contributed by atoms with Crippen LogP contribution in [0.3, 0.4) is 0 Å². The summed E-state index contributed by atoms with van der Waals surface area (Å²) in [5.74, 6) is 0.0442. The maximum atomic E-state index is 12.2. The molecule has 1 saturated heterocycles. The zero-order chi connectivity index (χ0) is 12.4. The molecular formula is C12H13NOS3. The molecule has 1 aromatic heterocycles. The number of carbonyl (C=O) groups excluding carboxylic acids is 1. The van der Waals surface area contributed by atoms with Crippen molar-refractivity contribution in [1.82, 2.24) is 4.90 Å². The summed E-state index contributed by atoms with van der Waals surface area (Å²) < 4.78 is 0.673. The Kier molecular flexibility index (Phi) is 4.01. The van der Waals surface area contributed by atoms with Crippen molar-refractivity contribution in [1.29, 1.82) is 0 Å². The summed E-state index contributed by atoms with van der Waals surface area (Å²) in [7, 11) is 0. The summed E-state index contributed by atoms with van der Waals surface area (Å²) in [6, 6.07) is 4.16. The van der Waals surface area contributed by atoms with E-state index >= 15 is 0 Å². The van der Waals surface area contributed by atoms with E-state index < -0.39 is 0 Å². The largest absolute Gasteiger partial charge is 0.290 e. The number of hydrogen-bond acceptors (Lipinski definition) is 4. The van der Waals surface area contributed by atoms with Crippen molar-refractivity contribution in [3.8, 4) is 0 Å². The van der Waals surface area contributed by atoms with Gasteiger partial charge in [0.05, 0.1) is 4.91 Å². The fourth-order valence-electron chi connectivity index (χ4n) is 1.55. The van der Waals surface area contributed by atoms with Crippen molar-refractivity contribution in [2.75, 3.05) is 0 Å². The van der Waals surface area contributed by atoms with Gasteiger partial charge in [-0.25, -0.2) is 0 Å². The van der Waals surface area contributed by atoms with Crippen LogP contribution in [0.25, 0.3) is 6.08 Å². The maximum Gasteiger partial charge on any atom is 0.266 e. The summed E-state index contributed by atoms with van der Waals surface area (Å²) in [6.45, 7) is 4.09. The van der Waals surface area contributed by atoms with Crippen LogP contribution in [0.15, 0.2) is 22.4 Å². The Balaban J connectivity index is 2.24. The fourth-order valence-corrected chi connectivity index (χ4v) is 3.73. The monoisotopic (exact) mass is 283 g/mol. The molecule has 1 aliphatic rings. The first kappa shape index (κ1) is 12.8. The molecule has 1 fully saturated rings. The summed E-state index contributed by atoms with van der Waals surface area (Å²) >= 11 is 8.29. The second kappa shape index (κ2) is 5.33. The molecule has 1 amide bonds. The van der Waals surface area contributed by atoms with Crippen molar-refractivity contribution in [2.24, 2.45) is 0 Å². The standard InChI is InChI=1S/C12H13NOS3/c1-3-8(2)13-11(14)10(17-12(13)15)7-9-5-4-6-16-9/h4-8H,3H2,1-2H3/b10-7+/t8-/m1/s1. The highest BCUT2D eigenvalue weighted by Crippen LogP contribution is 2.34. The highest BCUT2D eigenvalue weighted by Gasteiger charge is 2.34. The molecule has 0 bridgehead atoms. The number of nitrogens with zero attached hydrogens (tertiary/aromatic N) is 1. The average molecular weight is 283 g/mol. The summed E-state index contributed by atoms with van der Waals surface area (Å²) in [4.78, 5) is 15.7. The molecule has 1 aromatic rings. The van der Waals surface area contributed by atoms with E-state index in [1.165, 1.54) is 11.8 Å². The van der Waals surface area contributed by atoms with Gasteiger partial charge in [0.2, 0.25) is 0 Å². The number of thioether (sulfide) groups is 1. The molecular weight excluding hydrogens is 270 g/mol. The van der Waals surface area contributed by atoms with Gasteiger partial charge >= 0.3 is 0 Å². The van der Waals surface area contributed by atoms with E-state index in [2.05, 4.69) is 6.92 Å². The summed E-state index contributed by atoms with van der Waals surface area (Å²) in [5.41, 5.74) is 0. The predicted molar refractivity (Wildman–Crippen MR) is 79.1 cm³/mol. The lowest BCUT2D eigenvalue weighted by Crippen LogP contribution is -2.36. The van der Waals surface area contributed by atoms with Gasteiger partial charge in [-0.2, -0.15) is 0 Å². The Bertz CT molecular complexity index is 464. The number of thiophene rings is 1. The van der Waals surface area contributed by atoms with Gasteiger partial charge in [0.1, 0.15) is 4.32 Å². The van der Waals surface area contributed by atoms with Gasteiger partial charge in [0.15, 0.2) is 0 Å². The Morgan fingerprint density at radius 1 is 1.59 bits per heavy atom. The molecule has 2 rings (SSSR count). The van der Waals surface area contributed by atoms with Crippen molar-refractivity contribution >= 4 is 51.6 Å². The molecule has 0 unspecified atom stereocenters. The van der Waals surface area contributed by atoms with E-state index in [4.69, 9.17) is 12.2 Å². The minimum atomic E-state index is 0.0442. The zero-order valence-corrected chi connectivity index (χ0v) is 12.1. The lowest BCUT2D eigenvalue weighted by atomic mass is 10.2. The predicted octanol–water partition coefficient (Wildman–Crippen LogP) is 3.75. The van der Waals surface area contributed by atoms with Gasteiger partial charge in [-0.1, -0.05) is 37.0 Å². The molecule has 2 nitrogen and oxygen atoms in total. The first-order chi connectivity index (χ1) is 8.13. The van der Waals surface area contributed by atoms with Crippen LogP contribution in [0, 0.1) is 0 Å². The van der Waals surface area contributed by atoms with E-state index in [9.17, 15) is 4.79 Å². The van der Waals surface area contributed by atoms with E-state index in [0.717, 1.165) is 16.2 Å². The number of rotatable bonds is 3. The molecule has 0 radical (unpaired) electrons. The summed E-state index contributed by atoms with van der Waals surface area (Å²) in [6.07, 6.45) is 2.84. The van der Waals surface area contributed by atoms with E-state index in [-0.39, 0.29) is 11.9 Å². The SMILES string of the molecule is CC[C@@H](C)N1C(=O)/C(=C\c2cccs2)SC1=S. The smallest absolute Gasteiger partial charge is 0.266 e. The van der Waals surface area contributed by atoms with Crippen molar-refractivity contribution in [3.63, 3.8) is 0 Å². The number of thiocarbonyl (C=S) groups is 1. The van der Waals surface area contributed by atoms with Crippen LogP contribution in [-0.4, -0.2) is 21.2 Å². The zero-order valence-electron chi connectivity index (χ0n) is 9.67. The van der Waals surface area contributed by atoms with Crippen LogP contribution in [0.5, 0.6) is 0 Å². The van der Waals surface area contributed by atoms with Crippen LogP contribution in [0.2, 0.25) is 0 Å². The topological polar surface area (TPSA) is 20.3 Å². The average Bonchev–Trinajstić information content (AvgIpc) is 2.89. The van der Waals surface area contributed by atoms with Crippen molar-refractivity contribution < 1.29 is 4.79 Å². The minimum Gasteiger partial charge on any atom is -0.290 e. The minimum absolute atomic E-state index is 0.0442. The Labute approximate surface area is 115 Å². The molecule has 0 spiro atoms. The third-order valence-electron chi connectivity index (χ3n) is 2.67. The summed E-state index contributed by atoms with van der Waals surface area (Å²) in [5, 5.41) is 2.00. The third kappa shape index (κ3) is 2.61. The molecule has 0 aromatic carbocycles. The highest BCUT2D eigenvalue weighted by atomic mass is 32.2. The third-order valence-corrected chi connectivity index (χ3v) is 4.82. The first-order valence-corrected chi connectivity index (χ1v) is 7.54. The van der Waals surface area contributed by atoms with Gasteiger partial charge < -0.3 is 0 Å².